The van der Waals surface area contributed by atoms with Crippen molar-refractivity contribution in [3.63, 3.8) is 0 Å². The molecule has 0 bridgehead atoms. The van der Waals surface area contributed by atoms with E-state index in [-0.39, 0.29) is 39.9 Å². The summed E-state index contributed by atoms with van der Waals surface area (Å²) in [5.74, 6) is 0.470. The molecule has 15 heteroatoms. The molecule has 0 spiro atoms. The first kappa shape index (κ1) is 46.6. The molecule has 21 unspecified atom stereocenters. The molecule has 0 aromatic carbocycles. The molecule has 6 aliphatic rings. The quantitative estimate of drug-likeness (QED) is 0.102. The van der Waals surface area contributed by atoms with Gasteiger partial charge in [0.1, 0.15) is 61.0 Å². The van der Waals surface area contributed by atoms with Crippen LogP contribution in [0.3, 0.4) is 0 Å². The molecule has 0 radical (unpaired) electrons. The van der Waals surface area contributed by atoms with Crippen LogP contribution in [0.4, 0.5) is 0 Å². The topological polar surface area (TPSA) is 248 Å². The van der Waals surface area contributed by atoms with Crippen LogP contribution >= 0.6 is 0 Å². The molecule has 6 rings (SSSR count). The fraction of sp³-hybridized carbons (Fsp3) is 0.953. The van der Waals surface area contributed by atoms with Gasteiger partial charge in [0.25, 0.3) is 0 Å². The van der Waals surface area contributed by atoms with Crippen LogP contribution in [-0.2, 0) is 23.7 Å². The zero-order chi connectivity index (χ0) is 43.1. The van der Waals surface area contributed by atoms with Gasteiger partial charge in [-0.2, -0.15) is 0 Å². The van der Waals surface area contributed by atoms with Crippen molar-refractivity contribution in [2.45, 2.75) is 192 Å². The second-order valence-electron chi connectivity index (χ2n) is 20.7. The molecule has 336 valence electrons. The SMILES string of the molecule is COC(C=C(C)C1CCC2(C)C1C(O)CC1C3(C)CCC(OC4OC(CO)C(O)C(O)C4OC4OC(CO)C(O)C(O)C4O)C(C)(C)C3CCC12C)C(O)C(C)(C)O. The number of aliphatic hydroxyl groups is 10. The summed E-state index contributed by atoms with van der Waals surface area (Å²) < 4.78 is 30.0. The predicted octanol–water partition coefficient (Wildman–Crippen LogP) is 0.745. The molecule has 2 aliphatic heterocycles. The Morgan fingerprint density at radius 1 is 0.759 bits per heavy atom. The summed E-state index contributed by atoms with van der Waals surface area (Å²) in [6.07, 6.45) is -10.4. The Morgan fingerprint density at radius 2 is 1.34 bits per heavy atom. The molecular weight excluding hydrogens is 756 g/mol. The van der Waals surface area contributed by atoms with Gasteiger partial charge in [-0.05, 0) is 111 Å². The summed E-state index contributed by atoms with van der Waals surface area (Å²) in [5.41, 5.74) is -1.17. The van der Waals surface area contributed by atoms with E-state index in [0.29, 0.717) is 12.8 Å². The predicted molar refractivity (Wildman–Crippen MR) is 209 cm³/mol. The van der Waals surface area contributed by atoms with Crippen LogP contribution in [-0.4, -0.2) is 163 Å². The van der Waals surface area contributed by atoms with Crippen molar-refractivity contribution in [1.29, 1.82) is 0 Å². The smallest absolute Gasteiger partial charge is 0.187 e. The van der Waals surface area contributed by atoms with E-state index >= 15 is 0 Å². The second-order valence-corrected chi connectivity index (χ2v) is 20.7. The third-order valence-corrected chi connectivity index (χ3v) is 16.9. The molecule has 58 heavy (non-hydrogen) atoms. The fourth-order valence-electron chi connectivity index (χ4n) is 13.4. The number of hydrogen-bond acceptors (Lipinski definition) is 15. The Bertz CT molecular complexity index is 1450. The Hall–Kier alpha value is -0.860. The molecule has 0 aromatic rings. The van der Waals surface area contributed by atoms with Gasteiger partial charge in [-0.25, -0.2) is 0 Å². The third-order valence-electron chi connectivity index (χ3n) is 16.9. The largest absolute Gasteiger partial charge is 0.394 e. The first-order valence-electron chi connectivity index (χ1n) is 21.5. The van der Waals surface area contributed by atoms with Gasteiger partial charge < -0.3 is 74.7 Å². The number of allylic oxidation sites excluding steroid dienone is 1. The summed E-state index contributed by atoms with van der Waals surface area (Å²) in [4.78, 5) is 0. The highest BCUT2D eigenvalue weighted by Gasteiger charge is 2.70. The average Bonchev–Trinajstić information content (AvgIpc) is 3.54. The Morgan fingerprint density at radius 3 is 1.93 bits per heavy atom. The van der Waals surface area contributed by atoms with Crippen molar-refractivity contribution in [2.75, 3.05) is 20.3 Å². The molecule has 4 saturated carbocycles. The van der Waals surface area contributed by atoms with Gasteiger partial charge in [0.05, 0.1) is 31.0 Å². The van der Waals surface area contributed by atoms with E-state index in [4.69, 9.17) is 23.7 Å². The van der Waals surface area contributed by atoms with Gasteiger partial charge in [0, 0.05) is 7.11 Å². The zero-order valence-corrected chi connectivity index (χ0v) is 35.8. The van der Waals surface area contributed by atoms with E-state index in [2.05, 4.69) is 41.5 Å². The number of ether oxygens (including phenoxy) is 5. The van der Waals surface area contributed by atoms with Crippen molar-refractivity contribution in [3.05, 3.63) is 11.6 Å². The molecule has 21 atom stereocenters. The van der Waals surface area contributed by atoms with Crippen LogP contribution in [0.5, 0.6) is 0 Å². The zero-order valence-electron chi connectivity index (χ0n) is 35.8. The minimum atomic E-state index is -1.77. The minimum absolute atomic E-state index is 0.0138. The van der Waals surface area contributed by atoms with Crippen molar-refractivity contribution >= 4 is 0 Å². The Kier molecular flexibility index (Phi) is 13.4. The van der Waals surface area contributed by atoms with Crippen LogP contribution in [0.25, 0.3) is 0 Å². The van der Waals surface area contributed by atoms with Crippen LogP contribution in [0.2, 0.25) is 0 Å². The Labute approximate surface area is 343 Å². The molecule has 15 nitrogen and oxygen atoms in total. The second kappa shape index (κ2) is 16.7. The summed E-state index contributed by atoms with van der Waals surface area (Å²) in [5, 5.41) is 107. The van der Waals surface area contributed by atoms with Crippen LogP contribution < -0.4 is 0 Å². The lowest BCUT2D eigenvalue weighted by molar-refractivity contribution is -0.378. The van der Waals surface area contributed by atoms with E-state index in [9.17, 15) is 51.1 Å². The number of hydrogen-bond donors (Lipinski definition) is 10. The van der Waals surface area contributed by atoms with Gasteiger partial charge in [0.15, 0.2) is 12.6 Å². The molecule has 2 heterocycles. The normalized spacial score (nSPS) is 50.7. The summed E-state index contributed by atoms with van der Waals surface area (Å²) in [7, 11) is 1.53. The standard InChI is InChI=1S/C43H74O15/c1-20(16-23(54-9)36(52)40(4,5)53)21-10-14-43(8)29(21)22(46)17-27-41(6)13-12-28(39(2,3)26(41)11-15-42(27,43)7)57-38-35(33(50)31(48)25(19-45)56-38)58-37-34(51)32(49)30(47)24(18-44)55-37/h16,21-38,44-53H,10-15,17-19H2,1-9H3. The number of fused-ring (bicyclic) bond motifs is 5. The third kappa shape index (κ3) is 7.57. The molecule has 0 amide bonds. The fourth-order valence-corrected chi connectivity index (χ4v) is 13.4. The highest BCUT2D eigenvalue weighted by Crippen LogP contribution is 2.75. The van der Waals surface area contributed by atoms with Crippen molar-refractivity contribution in [1.82, 2.24) is 0 Å². The average molecular weight is 831 g/mol. The number of rotatable bonds is 11. The van der Waals surface area contributed by atoms with Gasteiger partial charge in [-0.15, -0.1) is 0 Å². The van der Waals surface area contributed by atoms with Crippen molar-refractivity contribution in [3.8, 4) is 0 Å². The van der Waals surface area contributed by atoms with Crippen LogP contribution in [0.15, 0.2) is 11.6 Å². The molecule has 6 fully saturated rings. The highest BCUT2D eigenvalue weighted by molar-refractivity contribution is 5.23. The number of methoxy groups -OCH3 is 1. The van der Waals surface area contributed by atoms with Crippen molar-refractivity contribution < 1.29 is 74.7 Å². The van der Waals surface area contributed by atoms with E-state index in [1.165, 1.54) is 7.11 Å². The molecule has 0 aromatic heterocycles. The van der Waals surface area contributed by atoms with Crippen LogP contribution in [0.1, 0.15) is 100 Å². The molecule has 4 aliphatic carbocycles. The lowest BCUT2D eigenvalue weighted by Crippen LogP contribution is -2.67. The lowest BCUT2D eigenvalue weighted by atomic mass is 9.35. The Balaban J connectivity index is 1.23. The van der Waals surface area contributed by atoms with Crippen LogP contribution in [0, 0.1) is 45.3 Å². The van der Waals surface area contributed by atoms with Gasteiger partial charge >= 0.3 is 0 Å². The van der Waals surface area contributed by atoms with E-state index < -0.39 is 110 Å². The maximum Gasteiger partial charge on any atom is 0.187 e. The summed E-state index contributed by atoms with van der Waals surface area (Å²) in [6.45, 7) is 15.4. The number of aliphatic hydroxyl groups excluding tert-OH is 9. The highest BCUT2D eigenvalue weighted by atomic mass is 16.8. The van der Waals surface area contributed by atoms with E-state index in [0.717, 1.165) is 37.7 Å². The maximum absolute atomic E-state index is 12.3. The first-order valence-corrected chi connectivity index (χ1v) is 21.5. The van der Waals surface area contributed by atoms with Gasteiger partial charge in [-0.1, -0.05) is 46.3 Å². The molecule has 10 N–H and O–H groups in total. The maximum atomic E-state index is 12.3. The summed E-state index contributed by atoms with van der Waals surface area (Å²) >= 11 is 0. The van der Waals surface area contributed by atoms with E-state index in [1.807, 2.05) is 6.08 Å². The minimum Gasteiger partial charge on any atom is -0.394 e. The summed E-state index contributed by atoms with van der Waals surface area (Å²) in [6, 6.07) is 0. The lowest BCUT2D eigenvalue weighted by Gasteiger charge is -2.70. The molecular formula is C43H74O15. The van der Waals surface area contributed by atoms with Crippen molar-refractivity contribution in [2.24, 2.45) is 45.3 Å². The monoisotopic (exact) mass is 831 g/mol. The van der Waals surface area contributed by atoms with Gasteiger partial charge in [-0.3, -0.25) is 0 Å². The van der Waals surface area contributed by atoms with Gasteiger partial charge in [0.2, 0.25) is 0 Å². The van der Waals surface area contributed by atoms with E-state index in [1.54, 1.807) is 13.8 Å². The first-order chi connectivity index (χ1) is 26.9. The molecule has 2 saturated heterocycles.